The van der Waals surface area contributed by atoms with Gasteiger partial charge in [-0.05, 0) is 22.1 Å². The minimum atomic E-state index is -0.0916. The second kappa shape index (κ2) is 3.74. The van der Waals surface area contributed by atoms with Crippen LogP contribution >= 0.6 is 11.3 Å². The number of fused-ring (bicyclic) bond motifs is 1. The van der Waals surface area contributed by atoms with Crippen LogP contribution in [0.1, 0.15) is 18.9 Å². The lowest BCUT2D eigenvalue weighted by Crippen LogP contribution is -1.89. The van der Waals surface area contributed by atoms with Gasteiger partial charge in [-0.1, -0.05) is 31.5 Å². The number of hydrogen-bond acceptors (Lipinski definition) is 1. The minimum absolute atomic E-state index is 0.0916. The van der Waals surface area contributed by atoms with E-state index < -0.39 is 0 Å². The molecule has 0 bridgehead atoms. The Balaban J connectivity index is 2.61. The zero-order valence-electron chi connectivity index (χ0n) is 8.01. The lowest BCUT2D eigenvalue weighted by Gasteiger charge is -2.01. The van der Waals surface area contributed by atoms with Gasteiger partial charge in [0, 0.05) is 0 Å². The van der Waals surface area contributed by atoms with Gasteiger partial charge in [-0.15, -0.1) is 11.3 Å². The van der Waals surface area contributed by atoms with Crippen molar-refractivity contribution >= 4 is 34.0 Å². The highest BCUT2D eigenvalue weighted by Crippen LogP contribution is 2.25. The van der Waals surface area contributed by atoms with Crippen LogP contribution in [0.4, 0.5) is 4.39 Å². The van der Waals surface area contributed by atoms with Crippen molar-refractivity contribution in [1.82, 2.24) is 0 Å². The normalized spacial score (nSPS) is 11.0. The van der Waals surface area contributed by atoms with E-state index >= 15 is 0 Å². The third-order valence-corrected chi connectivity index (χ3v) is 3.22. The van der Waals surface area contributed by atoms with E-state index in [4.69, 9.17) is 7.85 Å². The molecule has 0 fully saturated rings. The van der Waals surface area contributed by atoms with Crippen molar-refractivity contribution in [1.29, 1.82) is 0 Å². The first-order valence-corrected chi connectivity index (χ1v) is 5.50. The molecule has 0 saturated heterocycles. The summed E-state index contributed by atoms with van der Waals surface area (Å²) in [7, 11) is 5.64. The molecule has 0 amide bonds. The summed E-state index contributed by atoms with van der Waals surface area (Å²) >= 11 is 1.32. The molecule has 0 nitrogen and oxygen atoms in total. The summed E-state index contributed by atoms with van der Waals surface area (Å²) in [5.41, 5.74) is 0.793. The Bertz CT molecular complexity index is 462. The van der Waals surface area contributed by atoms with E-state index in [0.717, 1.165) is 23.8 Å². The SMILES string of the molecule is [B]c1cc2ccc(CCC)c(F)c2s1. The molecule has 2 aromatic rings. The molecule has 0 unspecified atom stereocenters. The topological polar surface area (TPSA) is 0 Å². The van der Waals surface area contributed by atoms with Gasteiger partial charge in [0.05, 0.1) is 4.70 Å². The van der Waals surface area contributed by atoms with E-state index in [0.29, 0.717) is 9.48 Å². The first-order valence-electron chi connectivity index (χ1n) is 4.68. The Kier molecular flexibility index (Phi) is 2.59. The van der Waals surface area contributed by atoms with Gasteiger partial charge in [0.15, 0.2) is 0 Å². The predicted molar refractivity (Wildman–Crippen MR) is 61.2 cm³/mol. The molecule has 0 aliphatic rings. The van der Waals surface area contributed by atoms with Crippen molar-refractivity contribution in [3.8, 4) is 0 Å². The molecule has 2 radical (unpaired) electrons. The van der Waals surface area contributed by atoms with Gasteiger partial charge >= 0.3 is 0 Å². The smallest absolute Gasteiger partial charge is 0.144 e. The van der Waals surface area contributed by atoms with Crippen molar-refractivity contribution in [3.05, 3.63) is 29.6 Å². The molecule has 1 aromatic carbocycles. The number of rotatable bonds is 2. The van der Waals surface area contributed by atoms with E-state index in [-0.39, 0.29) is 5.82 Å². The average molecular weight is 204 g/mol. The van der Waals surface area contributed by atoms with Crippen LogP contribution in [0.2, 0.25) is 0 Å². The molecule has 0 N–H and O–H groups in total. The predicted octanol–water partition coefficient (Wildman–Crippen LogP) is 2.79. The molecule has 0 saturated carbocycles. The van der Waals surface area contributed by atoms with Gasteiger partial charge in [-0.3, -0.25) is 0 Å². The highest BCUT2D eigenvalue weighted by atomic mass is 32.1. The third-order valence-electron chi connectivity index (χ3n) is 2.24. The Morgan fingerprint density at radius 2 is 2.21 bits per heavy atom. The van der Waals surface area contributed by atoms with E-state index in [2.05, 4.69) is 0 Å². The standard InChI is InChI=1S/C11H10BFS/c1-2-3-7-4-5-8-6-9(12)14-11(8)10(7)13/h4-6H,2-3H2,1H3. The third kappa shape index (κ3) is 1.57. The second-order valence-corrected chi connectivity index (χ2v) is 4.44. The highest BCUT2D eigenvalue weighted by Gasteiger charge is 2.08. The summed E-state index contributed by atoms with van der Waals surface area (Å²) in [6.07, 6.45) is 1.75. The fourth-order valence-electron chi connectivity index (χ4n) is 1.59. The molecular weight excluding hydrogens is 194 g/mol. The van der Waals surface area contributed by atoms with Crippen molar-refractivity contribution in [2.24, 2.45) is 0 Å². The van der Waals surface area contributed by atoms with Gasteiger partial charge < -0.3 is 0 Å². The number of thiophene rings is 1. The number of hydrogen-bond donors (Lipinski definition) is 0. The minimum Gasteiger partial charge on any atom is -0.205 e. The second-order valence-electron chi connectivity index (χ2n) is 3.36. The summed E-state index contributed by atoms with van der Waals surface area (Å²) in [5, 5.41) is 0.907. The number of benzene rings is 1. The van der Waals surface area contributed by atoms with Gasteiger partial charge in [-0.2, -0.15) is 0 Å². The maximum atomic E-state index is 13.8. The van der Waals surface area contributed by atoms with Crippen molar-refractivity contribution < 1.29 is 4.39 Å². The summed E-state index contributed by atoms with van der Waals surface area (Å²) < 4.78 is 15.2. The lowest BCUT2D eigenvalue weighted by molar-refractivity contribution is 0.621. The van der Waals surface area contributed by atoms with Crippen LogP contribution in [-0.4, -0.2) is 7.85 Å². The zero-order valence-corrected chi connectivity index (χ0v) is 8.83. The van der Waals surface area contributed by atoms with E-state index in [1.54, 1.807) is 0 Å². The number of aryl methyl sites for hydroxylation is 1. The molecule has 1 heterocycles. The summed E-state index contributed by atoms with van der Waals surface area (Å²) in [5.74, 6) is -0.0916. The van der Waals surface area contributed by atoms with Gasteiger partial charge in [0.1, 0.15) is 13.7 Å². The lowest BCUT2D eigenvalue weighted by atomic mass is 10.1. The van der Waals surface area contributed by atoms with Crippen LogP contribution in [0.25, 0.3) is 10.1 Å². The van der Waals surface area contributed by atoms with Crippen LogP contribution in [0, 0.1) is 5.82 Å². The first-order chi connectivity index (χ1) is 6.72. The van der Waals surface area contributed by atoms with Crippen molar-refractivity contribution in [2.45, 2.75) is 19.8 Å². The quantitative estimate of drug-likeness (QED) is 0.660. The zero-order chi connectivity index (χ0) is 10.1. The summed E-state index contributed by atoms with van der Waals surface area (Å²) in [4.78, 5) is 0. The molecule has 0 atom stereocenters. The Hall–Kier alpha value is -0.825. The van der Waals surface area contributed by atoms with Crippen LogP contribution in [0.15, 0.2) is 18.2 Å². The molecule has 14 heavy (non-hydrogen) atoms. The van der Waals surface area contributed by atoms with E-state index in [1.165, 1.54) is 11.3 Å². The Morgan fingerprint density at radius 1 is 1.43 bits per heavy atom. The van der Waals surface area contributed by atoms with Gasteiger partial charge in [-0.25, -0.2) is 4.39 Å². The Morgan fingerprint density at radius 3 is 2.93 bits per heavy atom. The molecule has 0 aliphatic carbocycles. The maximum Gasteiger partial charge on any atom is 0.144 e. The molecule has 70 valence electrons. The monoisotopic (exact) mass is 204 g/mol. The van der Waals surface area contributed by atoms with Crippen LogP contribution in [0.3, 0.4) is 0 Å². The largest absolute Gasteiger partial charge is 0.205 e. The highest BCUT2D eigenvalue weighted by molar-refractivity contribution is 7.26. The molecular formula is C11H10BFS. The van der Waals surface area contributed by atoms with E-state index in [9.17, 15) is 4.39 Å². The fraction of sp³-hybridized carbons (Fsp3) is 0.273. The fourth-order valence-corrected chi connectivity index (χ4v) is 2.48. The molecule has 3 heteroatoms. The van der Waals surface area contributed by atoms with Crippen LogP contribution in [0.5, 0.6) is 0 Å². The van der Waals surface area contributed by atoms with E-state index in [1.807, 2.05) is 25.1 Å². The van der Waals surface area contributed by atoms with Crippen molar-refractivity contribution in [2.75, 3.05) is 0 Å². The van der Waals surface area contributed by atoms with Gasteiger partial charge in [0.2, 0.25) is 0 Å². The Labute approximate surface area is 88.2 Å². The van der Waals surface area contributed by atoms with Crippen LogP contribution in [-0.2, 0) is 6.42 Å². The molecule has 2 rings (SSSR count). The summed E-state index contributed by atoms with van der Waals surface area (Å²) in [6.45, 7) is 2.05. The molecule has 1 aromatic heterocycles. The average Bonchev–Trinajstić information content (AvgIpc) is 2.52. The van der Waals surface area contributed by atoms with Crippen LogP contribution < -0.4 is 4.78 Å². The summed E-state index contributed by atoms with van der Waals surface area (Å²) in [6, 6.07) is 5.61. The number of halogens is 1. The van der Waals surface area contributed by atoms with Crippen molar-refractivity contribution in [3.63, 3.8) is 0 Å². The van der Waals surface area contributed by atoms with Gasteiger partial charge in [0.25, 0.3) is 0 Å². The first kappa shape index (κ1) is 9.72. The maximum absolute atomic E-state index is 13.8. The molecule has 0 aliphatic heterocycles. The molecule has 0 spiro atoms.